The monoisotopic (exact) mass is 203 g/mol. The second kappa shape index (κ2) is 3.62. The van der Waals surface area contributed by atoms with E-state index in [-0.39, 0.29) is 6.10 Å². The summed E-state index contributed by atoms with van der Waals surface area (Å²) in [5.41, 5.74) is 2.86. The highest BCUT2D eigenvalue weighted by Gasteiger charge is 2.34. The first-order valence-corrected chi connectivity index (χ1v) is 5.81. The highest BCUT2D eigenvalue weighted by molar-refractivity contribution is 5.33. The zero-order valence-electron chi connectivity index (χ0n) is 9.07. The van der Waals surface area contributed by atoms with E-state index in [9.17, 15) is 0 Å². The van der Waals surface area contributed by atoms with E-state index in [1.54, 1.807) is 0 Å². The van der Waals surface area contributed by atoms with Crippen molar-refractivity contribution in [3.05, 3.63) is 35.4 Å². The maximum absolute atomic E-state index is 6.05. The van der Waals surface area contributed by atoms with Gasteiger partial charge in [0, 0.05) is 12.6 Å². The second-order valence-electron chi connectivity index (χ2n) is 4.62. The Kier molecular flexibility index (Phi) is 2.26. The SMILES string of the molecule is CC1CNC2CCc3ccccc3C2O1. The number of nitrogens with one attached hydrogen (secondary N) is 1. The van der Waals surface area contributed by atoms with Crippen LogP contribution < -0.4 is 5.32 Å². The van der Waals surface area contributed by atoms with E-state index in [4.69, 9.17) is 4.74 Å². The first-order chi connectivity index (χ1) is 7.34. The van der Waals surface area contributed by atoms with Crippen molar-refractivity contribution in [2.75, 3.05) is 6.54 Å². The molecule has 1 saturated heterocycles. The summed E-state index contributed by atoms with van der Waals surface area (Å²) in [6, 6.07) is 9.21. The van der Waals surface area contributed by atoms with Gasteiger partial charge in [-0.15, -0.1) is 0 Å². The predicted octanol–water partition coefficient (Wildman–Crippen LogP) is 2.05. The number of hydrogen-bond donors (Lipinski definition) is 1. The number of rotatable bonds is 0. The minimum absolute atomic E-state index is 0.277. The molecule has 0 amide bonds. The molecular formula is C13H17NO. The Balaban J connectivity index is 1.96. The molecule has 3 rings (SSSR count). The Morgan fingerprint density at radius 3 is 3.13 bits per heavy atom. The van der Waals surface area contributed by atoms with Gasteiger partial charge in [-0.2, -0.15) is 0 Å². The van der Waals surface area contributed by atoms with Crippen molar-refractivity contribution in [1.82, 2.24) is 5.32 Å². The zero-order chi connectivity index (χ0) is 10.3. The Morgan fingerprint density at radius 1 is 1.33 bits per heavy atom. The third kappa shape index (κ3) is 1.58. The normalized spacial score (nSPS) is 34.3. The molecule has 1 aromatic rings. The number of morpholine rings is 1. The lowest BCUT2D eigenvalue weighted by Crippen LogP contribution is -2.49. The van der Waals surface area contributed by atoms with Gasteiger partial charge in [-0.05, 0) is 30.9 Å². The molecule has 0 saturated carbocycles. The van der Waals surface area contributed by atoms with E-state index in [2.05, 4.69) is 36.5 Å². The van der Waals surface area contributed by atoms with Crippen molar-refractivity contribution in [2.24, 2.45) is 0 Å². The molecule has 1 fully saturated rings. The summed E-state index contributed by atoms with van der Waals surface area (Å²) in [5, 5.41) is 3.59. The Hall–Kier alpha value is -0.860. The summed E-state index contributed by atoms with van der Waals surface area (Å²) < 4.78 is 6.05. The molecule has 15 heavy (non-hydrogen) atoms. The van der Waals surface area contributed by atoms with Crippen LogP contribution in [0.25, 0.3) is 0 Å². The third-order valence-corrected chi connectivity index (χ3v) is 3.50. The van der Waals surface area contributed by atoms with Gasteiger partial charge in [0.2, 0.25) is 0 Å². The molecule has 3 unspecified atom stereocenters. The van der Waals surface area contributed by atoms with Crippen molar-refractivity contribution >= 4 is 0 Å². The van der Waals surface area contributed by atoms with Gasteiger partial charge >= 0.3 is 0 Å². The molecule has 0 aromatic heterocycles. The molecule has 0 spiro atoms. The maximum Gasteiger partial charge on any atom is 0.0984 e. The van der Waals surface area contributed by atoms with Gasteiger partial charge < -0.3 is 10.1 Å². The summed E-state index contributed by atoms with van der Waals surface area (Å²) in [7, 11) is 0. The average Bonchev–Trinajstić information content (AvgIpc) is 2.29. The van der Waals surface area contributed by atoms with E-state index >= 15 is 0 Å². The summed E-state index contributed by atoms with van der Waals surface area (Å²) in [4.78, 5) is 0. The second-order valence-corrected chi connectivity index (χ2v) is 4.62. The first kappa shape index (κ1) is 9.37. The van der Waals surface area contributed by atoms with Crippen LogP contribution in [0.3, 0.4) is 0 Å². The van der Waals surface area contributed by atoms with Gasteiger partial charge in [0.15, 0.2) is 0 Å². The Bertz CT molecular complexity index is 363. The standard InChI is InChI=1S/C13H17NO/c1-9-8-14-12-7-6-10-4-2-3-5-11(10)13(12)15-9/h2-5,9,12-14H,6-8H2,1H3. The molecule has 1 heterocycles. The molecule has 1 aliphatic heterocycles. The van der Waals surface area contributed by atoms with Crippen LogP contribution in [0.1, 0.15) is 30.6 Å². The summed E-state index contributed by atoms with van der Waals surface area (Å²) in [5.74, 6) is 0. The van der Waals surface area contributed by atoms with Gasteiger partial charge in [0.1, 0.15) is 0 Å². The number of benzene rings is 1. The summed E-state index contributed by atoms with van der Waals surface area (Å²) in [6.07, 6.45) is 2.99. The first-order valence-electron chi connectivity index (χ1n) is 5.81. The van der Waals surface area contributed by atoms with Crippen molar-refractivity contribution in [2.45, 2.75) is 38.0 Å². The van der Waals surface area contributed by atoms with E-state index < -0.39 is 0 Å². The molecule has 3 atom stereocenters. The Morgan fingerprint density at radius 2 is 2.20 bits per heavy atom. The highest BCUT2D eigenvalue weighted by atomic mass is 16.5. The van der Waals surface area contributed by atoms with Crippen LogP contribution in [0.4, 0.5) is 0 Å². The molecule has 1 aromatic carbocycles. The average molecular weight is 203 g/mol. The van der Waals surface area contributed by atoms with Gasteiger partial charge in [-0.3, -0.25) is 0 Å². The molecule has 0 radical (unpaired) electrons. The maximum atomic E-state index is 6.05. The predicted molar refractivity (Wildman–Crippen MR) is 59.8 cm³/mol. The van der Waals surface area contributed by atoms with Gasteiger partial charge in [0.25, 0.3) is 0 Å². The van der Waals surface area contributed by atoms with E-state index in [0.717, 1.165) is 6.54 Å². The number of ether oxygens (including phenoxy) is 1. The summed E-state index contributed by atoms with van der Waals surface area (Å²) >= 11 is 0. The largest absolute Gasteiger partial charge is 0.368 e. The summed E-state index contributed by atoms with van der Waals surface area (Å²) in [6.45, 7) is 3.13. The van der Waals surface area contributed by atoms with Crippen molar-refractivity contribution in [3.8, 4) is 0 Å². The number of aryl methyl sites for hydroxylation is 1. The van der Waals surface area contributed by atoms with E-state index in [1.165, 1.54) is 24.0 Å². The minimum atomic E-state index is 0.277. The number of fused-ring (bicyclic) bond motifs is 3. The van der Waals surface area contributed by atoms with Crippen LogP contribution in [0.5, 0.6) is 0 Å². The molecule has 80 valence electrons. The molecule has 2 aliphatic rings. The van der Waals surface area contributed by atoms with Crippen molar-refractivity contribution in [3.63, 3.8) is 0 Å². The molecular weight excluding hydrogens is 186 g/mol. The third-order valence-electron chi connectivity index (χ3n) is 3.50. The lowest BCUT2D eigenvalue weighted by Gasteiger charge is -2.40. The van der Waals surface area contributed by atoms with Crippen LogP contribution in [-0.4, -0.2) is 18.7 Å². The minimum Gasteiger partial charge on any atom is -0.368 e. The fraction of sp³-hybridized carbons (Fsp3) is 0.538. The molecule has 1 aliphatic carbocycles. The molecule has 2 nitrogen and oxygen atoms in total. The smallest absolute Gasteiger partial charge is 0.0984 e. The fourth-order valence-electron chi connectivity index (χ4n) is 2.71. The fourth-order valence-corrected chi connectivity index (χ4v) is 2.71. The van der Waals surface area contributed by atoms with E-state index in [0.29, 0.717) is 12.1 Å². The van der Waals surface area contributed by atoms with Crippen molar-refractivity contribution < 1.29 is 4.74 Å². The van der Waals surface area contributed by atoms with Gasteiger partial charge in [-0.1, -0.05) is 24.3 Å². The van der Waals surface area contributed by atoms with Crippen LogP contribution in [-0.2, 0) is 11.2 Å². The van der Waals surface area contributed by atoms with Crippen LogP contribution >= 0.6 is 0 Å². The van der Waals surface area contributed by atoms with Crippen LogP contribution in [0, 0.1) is 0 Å². The lowest BCUT2D eigenvalue weighted by atomic mass is 9.85. The topological polar surface area (TPSA) is 21.3 Å². The van der Waals surface area contributed by atoms with E-state index in [1.807, 2.05) is 0 Å². The molecule has 1 N–H and O–H groups in total. The van der Waals surface area contributed by atoms with Crippen molar-refractivity contribution in [1.29, 1.82) is 0 Å². The lowest BCUT2D eigenvalue weighted by molar-refractivity contribution is -0.0618. The highest BCUT2D eigenvalue weighted by Crippen LogP contribution is 2.35. The van der Waals surface area contributed by atoms with Gasteiger partial charge in [-0.25, -0.2) is 0 Å². The molecule has 2 heteroatoms. The quantitative estimate of drug-likeness (QED) is 0.697. The Labute approximate surface area is 90.6 Å². The van der Waals surface area contributed by atoms with Gasteiger partial charge in [0.05, 0.1) is 12.2 Å². The van der Waals surface area contributed by atoms with Crippen LogP contribution in [0.15, 0.2) is 24.3 Å². The number of hydrogen-bond acceptors (Lipinski definition) is 2. The van der Waals surface area contributed by atoms with Crippen LogP contribution in [0.2, 0.25) is 0 Å². The molecule has 0 bridgehead atoms. The zero-order valence-corrected chi connectivity index (χ0v) is 9.07.